The van der Waals surface area contributed by atoms with E-state index in [1.165, 1.54) is 24.4 Å². The van der Waals surface area contributed by atoms with Crippen molar-refractivity contribution in [2.75, 3.05) is 0 Å². The largest absolute Gasteiger partial charge is 0.423 e. The van der Waals surface area contributed by atoms with Gasteiger partial charge in [-0.3, -0.25) is 0 Å². The van der Waals surface area contributed by atoms with E-state index in [1.807, 2.05) is 0 Å². The molecule has 7 heteroatoms. The van der Waals surface area contributed by atoms with Gasteiger partial charge >= 0.3 is 5.63 Å². The molecule has 0 bridgehead atoms. The molecule has 0 unspecified atom stereocenters. The van der Waals surface area contributed by atoms with Crippen molar-refractivity contribution >= 4 is 27.2 Å². The summed E-state index contributed by atoms with van der Waals surface area (Å²) in [5, 5.41) is 4.48. The number of hydrazone groups is 1. The normalized spacial score (nSPS) is 11.8. The van der Waals surface area contributed by atoms with Crippen LogP contribution < -0.4 is 10.5 Å². The Kier molecular flexibility index (Phi) is 3.94. The summed E-state index contributed by atoms with van der Waals surface area (Å²) in [6.07, 6.45) is 1.38. The highest BCUT2D eigenvalue weighted by Gasteiger charge is 2.10. The molecule has 0 atom stereocenters. The van der Waals surface area contributed by atoms with Crippen LogP contribution in [0.3, 0.4) is 0 Å². The summed E-state index contributed by atoms with van der Waals surface area (Å²) in [7, 11) is -3.69. The summed E-state index contributed by atoms with van der Waals surface area (Å²) < 4.78 is 29.0. The maximum absolute atomic E-state index is 12.0. The van der Waals surface area contributed by atoms with Crippen LogP contribution in [0.5, 0.6) is 0 Å². The van der Waals surface area contributed by atoms with Crippen LogP contribution in [0.2, 0.25) is 0 Å². The van der Waals surface area contributed by atoms with Crippen molar-refractivity contribution in [1.82, 2.24) is 4.83 Å². The molecule has 0 fully saturated rings. The molecule has 0 aliphatic heterocycles. The van der Waals surface area contributed by atoms with Gasteiger partial charge in [0.25, 0.3) is 10.0 Å². The second-order valence-corrected chi connectivity index (χ2v) is 6.38. The molecule has 0 radical (unpaired) electrons. The van der Waals surface area contributed by atoms with E-state index in [2.05, 4.69) is 9.93 Å². The van der Waals surface area contributed by atoms with Gasteiger partial charge in [-0.1, -0.05) is 18.2 Å². The molecule has 3 aromatic rings. The number of nitrogens with zero attached hydrogens (tertiary/aromatic N) is 1. The van der Waals surface area contributed by atoms with Crippen molar-refractivity contribution < 1.29 is 12.8 Å². The van der Waals surface area contributed by atoms with Crippen molar-refractivity contribution in [3.8, 4) is 0 Å². The molecular weight excluding hydrogens is 316 g/mol. The van der Waals surface area contributed by atoms with Gasteiger partial charge in [-0.15, -0.1) is 0 Å². The molecule has 0 aliphatic carbocycles. The van der Waals surface area contributed by atoms with Gasteiger partial charge in [0.2, 0.25) is 0 Å². The van der Waals surface area contributed by atoms with Gasteiger partial charge in [0.1, 0.15) is 5.58 Å². The van der Waals surface area contributed by atoms with Gasteiger partial charge < -0.3 is 4.42 Å². The highest BCUT2D eigenvalue weighted by atomic mass is 32.2. The Morgan fingerprint density at radius 2 is 1.78 bits per heavy atom. The van der Waals surface area contributed by atoms with E-state index < -0.39 is 15.6 Å². The Balaban J connectivity index is 1.80. The number of hydrogen-bond donors (Lipinski definition) is 1. The molecule has 0 aliphatic rings. The van der Waals surface area contributed by atoms with E-state index in [0.29, 0.717) is 11.1 Å². The topological polar surface area (TPSA) is 88.7 Å². The minimum absolute atomic E-state index is 0.137. The lowest BCUT2D eigenvalue weighted by Gasteiger charge is -2.02. The zero-order valence-electron chi connectivity index (χ0n) is 11.8. The minimum Gasteiger partial charge on any atom is -0.423 e. The summed E-state index contributed by atoms with van der Waals surface area (Å²) in [5.74, 6) is 0. The molecule has 0 saturated heterocycles. The maximum atomic E-state index is 12.0. The molecule has 0 spiro atoms. The fraction of sp³-hybridized carbons (Fsp3) is 0. The molecular formula is C16H12N2O4S. The lowest BCUT2D eigenvalue weighted by atomic mass is 10.1. The summed E-state index contributed by atoms with van der Waals surface area (Å²) in [6, 6.07) is 16.0. The van der Waals surface area contributed by atoms with Gasteiger partial charge in [0.05, 0.1) is 11.1 Å². The quantitative estimate of drug-likeness (QED) is 0.451. The first kappa shape index (κ1) is 15.0. The Morgan fingerprint density at radius 3 is 2.57 bits per heavy atom. The van der Waals surface area contributed by atoms with Gasteiger partial charge in [0.15, 0.2) is 0 Å². The predicted octanol–water partition coefficient (Wildman–Crippen LogP) is 2.11. The van der Waals surface area contributed by atoms with E-state index in [9.17, 15) is 13.2 Å². The van der Waals surface area contributed by atoms with E-state index in [1.54, 1.807) is 42.5 Å². The first-order chi connectivity index (χ1) is 11.0. The molecule has 116 valence electrons. The van der Waals surface area contributed by atoms with Crippen molar-refractivity contribution in [1.29, 1.82) is 0 Å². The average Bonchev–Trinajstić information content (AvgIpc) is 2.55. The van der Waals surface area contributed by atoms with Crippen LogP contribution in [0, 0.1) is 0 Å². The third-order valence-corrected chi connectivity index (χ3v) is 4.32. The smallest absolute Gasteiger partial charge is 0.336 e. The van der Waals surface area contributed by atoms with Gasteiger partial charge in [-0.25, -0.2) is 9.63 Å². The first-order valence-electron chi connectivity index (χ1n) is 6.68. The van der Waals surface area contributed by atoms with E-state index in [4.69, 9.17) is 4.42 Å². The van der Waals surface area contributed by atoms with Crippen LogP contribution in [0.15, 0.2) is 79.9 Å². The molecule has 2 aromatic carbocycles. The Labute approximate surface area is 132 Å². The summed E-state index contributed by atoms with van der Waals surface area (Å²) in [6.45, 7) is 0. The van der Waals surface area contributed by atoms with Crippen molar-refractivity contribution in [2.45, 2.75) is 4.90 Å². The van der Waals surface area contributed by atoms with Crippen molar-refractivity contribution in [3.63, 3.8) is 0 Å². The van der Waals surface area contributed by atoms with Crippen molar-refractivity contribution in [2.24, 2.45) is 5.10 Å². The standard InChI is InChI=1S/C16H12N2O4S/c19-16-9-7-13-10-12(6-8-15(13)22-16)11-17-18-23(20,21)14-4-2-1-3-5-14/h1-11,18H/b17-11+. The highest BCUT2D eigenvalue weighted by molar-refractivity contribution is 7.89. The second kappa shape index (κ2) is 6.05. The maximum Gasteiger partial charge on any atom is 0.336 e. The summed E-state index contributed by atoms with van der Waals surface area (Å²) in [4.78, 5) is 13.4. The van der Waals surface area contributed by atoms with E-state index in [-0.39, 0.29) is 4.90 Å². The summed E-state index contributed by atoms with van der Waals surface area (Å²) >= 11 is 0. The molecule has 1 aromatic heterocycles. The third-order valence-electron chi connectivity index (χ3n) is 3.08. The molecule has 0 saturated carbocycles. The van der Waals surface area contributed by atoms with Crippen LogP contribution in [0.25, 0.3) is 11.0 Å². The summed E-state index contributed by atoms with van der Waals surface area (Å²) in [5.41, 5.74) is 0.705. The molecule has 23 heavy (non-hydrogen) atoms. The monoisotopic (exact) mass is 328 g/mol. The van der Waals surface area contributed by atoms with Crippen LogP contribution in [0.1, 0.15) is 5.56 Å². The average molecular weight is 328 g/mol. The predicted molar refractivity (Wildman–Crippen MR) is 86.8 cm³/mol. The van der Waals surface area contributed by atoms with E-state index in [0.717, 1.165) is 5.39 Å². The molecule has 3 rings (SSSR count). The molecule has 1 heterocycles. The zero-order chi connectivity index (χ0) is 16.3. The van der Waals surface area contributed by atoms with Crippen LogP contribution >= 0.6 is 0 Å². The van der Waals surface area contributed by atoms with Gasteiger partial charge in [-0.05, 0) is 42.0 Å². The van der Waals surface area contributed by atoms with Crippen LogP contribution in [-0.2, 0) is 10.0 Å². The van der Waals surface area contributed by atoms with Crippen LogP contribution in [-0.4, -0.2) is 14.6 Å². The van der Waals surface area contributed by atoms with Crippen LogP contribution in [0.4, 0.5) is 0 Å². The van der Waals surface area contributed by atoms with Crippen molar-refractivity contribution in [3.05, 3.63) is 76.6 Å². The SMILES string of the molecule is O=c1ccc2cc(/C=N/NS(=O)(=O)c3ccccc3)ccc2o1. The Bertz CT molecular complexity index is 1020. The number of fused-ring (bicyclic) bond motifs is 1. The number of rotatable bonds is 4. The lowest BCUT2D eigenvalue weighted by Crippen LogP contribution is -2.18. The minimum atomic E-state index is -3.69. The fourth-order valence-corrected chi connectivity index (χ4v) is 2.81. The number of sulfonamides is 1. The zero-order valence-corrected chi connectivity index (χ0v) is 12.7. The molecule has 0 amide bonds. The number of nitrogens with one attached hydrogen (secondary N) is 1. The fourth-order valence-electron chi connectivity index (χ4n) is 1.99. The number of hydrogen-bond acceptors (Lipinski definition) is 5. The molecule has 1 N–H and O–H groups in total. The van der Waals surface area contributed by atoms with Gasteiger partial charge in [-0.2, -0.15) is 13.5 Å². The second-order valence-electron chi connectivity index (χ2n) is 4.72. The highest BCUT2D eigenvalue weighted by Crippen LogP contribution is 2.13. The Hall–Kier alpha value is -2.93. The third kappa shape index (κ3) is 3.46. The number of benzene rings is 2. The van der Waals surface area contributed by atoms with E-state index >= 15 is 0 Å². The lowest BCUT2D eigenvalue weighted by molar-refractivity contribution is 0.561. The molecule has 6 nitrogen and oxygen atoms in total. The van der Waals surface area contributed by atoms with Gasteiger partial charge in [0, 0.05) is 11.5 Å². The Morgan fingerprint density at radius 1 is 1.00 bits per heavy atom. The first-order valence-corrected chi connectivity index (χ1v) is 8.17.